The smallest absolute Gasteiger partial charge is 0.383 e. The van der Waals surface area contributed by atoms with Gasteiger partial charge in [0.05, 0.1) is 21.6 Å². The SMILES string of the molecule is Cn1cc(-c2cccc(CS(=O)(=O)c3ccc(Br)c(C(F)(F)F)c3)c2F)c2c(N)ncnc21. The number of nitrogen functional groups attached to an aromatic ring is 1. The van der Waals surface area contributed by atoms with E-state index in [0.29, 0.717) is 22.7 Å². The largest absolute Gasteiger partial charge is 0.417 e. The highest BCUT2D eigenvalue weighted by Crippen LogP contribution is 2.38. The van der Waals surface area contributed by atoms with E-state index < -0.39 is 38.0 Å². The maximum absolute atomic E-state index is 15.5. The van der Waals surface area contributed by atoms with E-state index in [1.165, 1.54) is 24.5 Å². The molecule has 0 saturated carbocycles. The quantitative estimate of drug-likeness (QED) is 0.362. The number of fused-ring (bicyclic) bond motifs is 1. The molecule has 2 heterocycles. The van der Waals surface area contributed by atoms with E-state index in [1.54, 1.807) is 17.8 Å². The molecule has 0 amide bonds. The summed E-state index contributed by atoms with van der Waals surface area (Å²) in [6, 6.07) is 6.76. The summed E-state index contributed by atoms with van der Waals surface area (Å²) < 4.78 is 82.1. The maximum atomic E-state index is 15.5. The topological polar surface area (TPSA) is 90.9 Å². The van der Waals surface area contributed by atoms with Gasteiger partial charge in [0, 0.05) is 34.4 Å². The number of hydrogen-bond acceptors (Lipinski definition) is 5. The molecule has 0 aliphatic carbocycles. The van der Waals surface area contributed by atoms with Gasteiger partial charge in [0.2, 0.25) is 0 Å². The Hall–Kier alpha value is -2.99. The summed E-state index contributed by atoms with van der Waals surface area (Å²) in [4.78, 5) is 7.50. The molecule has 2 N–H and O–H groups in total. The summed E-state index contributed by atoms with van der Waals surface area (Å²) in [5, 5.41) is 0.404. The molecule has 0 fully saturated rings. The highest BCUT2D eigenvalue weighted by molar-refractivity contribution is 9.10. The van der Waals surface area contributed by atoms with Crippen molar-refractivity contribution in [2.45, 2.75) is 16.8 Å². The lowest BCUT2D eigenvalue weighted by atomic mass is 10.0. The molecular weight excluding hydrogens is 528 g/mol. The fourth-order valence-corrected chi connectivity index (χ4v) is 5.38. The molecule has 0 bridgehead atoms. The molecule has 0 saturated heterocycles. The van der Waals surface area contributed by atoms with Gasteiger partial charge in [0.15, 0.2) is 9.84 Å². The zero-order valence-corrected chi connectivity index (χ0v) is 19.3. The Morgan fingerprint density at radius 3 is 2.55 bits per heavy atom. The minimum Gasteiger partial charge on any atom is -0.383 e. The van der Waals surface area contributed by atoms with Crippen LogP contribution in [0, 0.1) is 5.82 Å². The number of alkyl halides is 3. The molecule has 4 aromatic rings. The van der Waals surface area contributed by atoms with E-state index in [-0.39, 0.29) is 21.4 Å². The number of rotatable bonds is 4. The van der Waals surface area contributed by atoms with Crippen molar-refractivity contribution < 1.29 is 26.0 Å². The number of aromatic nitrogens is 3. The number of anilines is 1. The summed E-state index contributed by atoms with van der Waals surface area (Å²) in [5.74, 6) is -1.53. The van der Waals surface area contributed by atoms with Crippen molar-refractivity contribution in [3.8, 4) is 11.1 Å². The van der Waals surface area contributed by atoms with Crippen molar-refractivity contribution in [1.82, 2.24) is 14.5 Å². The fourth-order valence-electron chi connectivity index (χ4n) is 3.54. The van der Waals surface area contributed by atoms with Crippen LogP contribution in [0.5, 0.6) is 0 Å². The number of nitrogens with zero attached hydrogens (tertiary/aromatic N) is 3. The van der Waals surface area contributed by atoms with Gasteiger partial charge in [-0.1, -0.05) is 34.1 Å². The van der Waals surface area contributed by atoms with Crippen molar-refractivity contribution in [1.29, 1.82) is 0 Å². The predicted octanol–water partition coefficient (Wildman–Crippen LogP) is 5.11. The lowest BCUT2D eigenvalue weighted by Gasteiger charge is -2.13. The normalized spacial score (nSPS) is 12.4. The molecule has 33 heavy (non-hydrogen) atoms. The number of nitrogens with two attached hydrogens (primary N) is 1. The molecule has 4 rings (SSSR count). The minimum absolute atomic E-state index is 0.0709. The molecule has 0 radical (unpaired) electrons. The second-order valence-electron chi connectivity index (χ2n) is 7.29. The number of benzene rings is 2. The monoisotopic (exact) mass is 542 g/mol. The molecule has 2 aromatic carbocycles. The van der Waals surface area contributed by atoms with Crippen LogP contribution in [0.4, 0.5) is 23.4 Å². The average Bonchev–Trinajstić information content (AvgIpc) is 3.06. The van der Waals surface area contributed by atoms with Gasteiger partial charge >= 0.3 is 6.18 Å². The van der Waals surface area contributed by atoms with E-state index in [1.807, 2.05) is 0 Å². The predicted molar refractivity (Wildman–Crippen MR) is 118 cm³/mol. The third-order valence-corrected chi connectivity index (χ3v) is 7.45. The van der Waals surface area contributed by atoms with Crippen LogP contribution in [-0.2, 0) is 28.8 Å². The molecule has 0 atom stereocenters. The maximum Gasteiger partial charge on any atom is 0.417 e. The van der Waals surface area contributed by atoms with Gasteiger partial charge < -0.3 is 10.3 Å². The average molecular weight is 543 g/mol. The molecule has 12 heteroatoms. The van der Waals surface area contributed by atoms with Gasteiger partial charge in [-0.05, 0) is 18.2 Å². The third-order valence-electron chi connectivity index (χ3n) is 5.10. The Morgan fingerprint density at radius 2 is 1.85 bits per heavy atom. The van der Waals surface area contributed by atoms with Crippen molar-refractivity contribution in [3.63, 3.8) is 0 Å². The number of aryl methyl sites for hydroxylation is 1. The summed E-state index contributed by atoms with van der Waals surface area (Å²) >= 11 is 2.78. The summed E-state index contributed by atoms with van der Waals surface area (Å²) in [5.41, 5.74) is 5.52. The molecule has 2 aromatic heterocycles. The Kier molecular flexibility index (Phi) is 5.69. The first-order valence-electron chi connectivity index (χ1n) is 9.33. The first kappa shape index (κ1) is 23.2. The summed E-state index contributed by atoms with van der Waals surface area (Å²) in [7, 11) is -2.60. The molecule has 172 valence electrons. The number of hydrogen-bond donors (Lipinski definition) is 1. The molecule has 0 aliphatic rings. The van der Waals surface area contributed by atoms with Gasteiger partial charge in [-0.2, -0.15) is 13.2 Å². The van der Waals surface area contributed by atoms with Crippen molar-refractivity contribution in [2.75, 3.05) is 5.73 Å². The van der Waals surface area contributed by atoms with Crippen LogP contribution in [-0.4, -0.2) is 23.0 Å². The van der Waals surface area contributed by atoms with Crippen molar-refractivity contribution in [3.05, 3.63) is 70.3 Å². The van der Waals surface area contributed by atoms with E-state index in [9.17, 15) is 21.6 Å². The lowest BCUT2D eigenvalue weighted by Crippen LogP contribution is -2.11. The van der Waals surface area contributed by atoms with E-state index in [0.717, 1.165) is 12.1 Å². The van der Waals surface area contributed by atoms with Crippen LogP contribution in [0.3, 0.4) is 0 Å². The molecule has 0 unspecified atom stereocenters. The number of halogens is 5. The zero-order chi connectivity index (χ0) is 24.1. The fraction of sp³-hybridized carbons (Fsp3) is 0.143. The summed E-state index contributed by atoms with van der Waals surface area (Å²) in [6.45, 7) is 0. The van der Waals surface area contributed by atoms with Crippen molar-refractivity contribution >= 4 is 42.6 Å². The minimum atomic E-state index is -4.76. The molecule has 0 spiro atoms. The standard InChI is InChI=1S/C21H15BrF4N4O2S/c1-30-8-14(17-19(27)28-10-29-20(17)30)13-4-2-3-11(18(13)23)9-33(31,32)12-5-6-16(22)15(7-12)21(24,25)26/h2-8,10H,9H2,1H3,(H2,27,28,29). The first-order chi connectivity index (χ1) is 15.4. The van der Waals surface area contributed by atoms with Gasteiger partial charge in [0.25, 0.3) is 0 Å². The van der Waals surface area contributed by atoms with Gasteiger partial charge in [-0.25, -0.2) is 22.8 Å². The van der Waals surface area contributed by atoms with E-state index in [2.05, 4.69) is 25.9 Å². The third kappa shape index (κ3) is 4.20. The lowest BCUT2D eigenvalue weighted by molar-refractivity contribution is -0.138. The van der Waals surface area contributed by atoms with E-state index >= 15 is 4.39 Å². The van der Waals surface area contributed by atoms with Crippen molar-refractivity contribution in [2.24, 2.45) is 7.05 Å². The van der Waals surface area contributed by atoms with Crippen LogP contribution in [0.15, 0.2) is 58.3 Å². The second-order valence-corrected chi connectivity index (χ2v) is 10.1. The molecule has 6 nitrogen and oxygen atoms in total. The summed E-state index contributed by atoms with van der Waals surface area (Å²) in [6.07, 6.45) is -1.89. The van der Waals surface area contributed by atoms with Crippen LogP contribution >= 0.6 is 15.9 Å². The van der Waals surface area contributed by atoms with E-state index in [4.69, 9.17) is 5.73 Å². The van der Waals surface area contributed by atoms with Crippen LogP contribution in [0.2, 0.25) is 0 Å². The van der Waals surface area contributed by atoms with Gasteiger partial charge in [-0.3, -0.25) is 0 Å². The van der Waals surface area contributed by atoms with Crippen LogP contribution < -0.4 is 5.73 Å². The molecular formula is C21H15BrF4N4O2S. The second kappa shape index (κ2) is 8.10. The molecule has 0 aliphatic heterocycles. The van der Waals surface area contributed by atoms with Crippen LogP contribution in [0.25, 0.3) is 22.2 Å². The Balaban J connectivity index is 1.79. The Morgan fingerprint density at radius 1 is 1.12 bits per heavy atom. The highest BCUT2D eigenvalue weighted by atomic mass is 79.9. The number of sulfone groups is 1. The highest BCUT2D eigenvalue weighted by Gasteiger charge is 2.34. The van der Waals surface area contributed by atoms with Crippen LogP contribution in [0.1, 0.15) is 11.1 Å². The van der Waals surface area contributed by atoms with Gasteiger partial charge in [0.1, 0.15) is 23.6 Å². The zero-order valence-electron chi connectivity index (χ0n) is 16.9. The van der Waals surface area contributed by atoms with Gasteiger partial charge in [-0.15, -0.1) is 0 Å². The first-order valence-corrected chi connectivity index (χ1v) is 11.8. The Labute approximate surface area is 194 Å². The Bertz CT molecular complexity index is 1500.